The minimum Gasteiger partial charge on any atom is -0.475 e. The minimum atomic E-state index is -0.102. The number of likely N-dealkylation sites (N-methyl/N-ethyl adjacent to an activating group) is 1. The normalized spacial score (nSPS) is 14.4. The van der Waals surface area contributed by atoms with E-state index in [1.807, 2.05) is 26.0 Å². The van der Waals surface area contributed by atoms with E-state index in [0.29, 0.717) is 30.4 Å². The van der Waals surface area contributed by atoms with E-state index in [1.165, 1.54) is 5.56 Å². The van der Waals surface area contributed by atoms with E-state index in [9.17, 15) is 4.79 Å². The van der Waals surface area contributed by atoms with E-state index >= 15 is 0 Å². The lowest BCUT2D eigenvalue weighted by molar-refractivity contribution is 0.0796. The zero-order chi connectivity index (χ0) is 15.0. The standard InChI is InChI=1S/C16H17N3O2/c1-10-4-5-12(11(2)8-10)14-17-9-13-15(18-14)21-7-6-19(3)16(13)20/h4-5,8-9H,6-7H2,1-3H3. The Hall–Kier alpha value is -2.43. The molecular weight excluding hydrogens is 266 g/mol. The van der Waals surface area contributed by atoms with Gasteiger partial charge in [-0.1, -0.05) is 23.8 Å². The van der Waals surface area contributed by atoms with E-state index in [4.69, 9.17) is 4.74 Å². The summed E-state index contributed by atoms with van der Waals surface area (Å²) in [5, 5.41) is 0. The largest absolute Gasteiger partial charge is 0.475 e. The summed E-state index contributed by atoms with van der Waals surface area (Å²) >= 11 is 0. The Labute approximate surface area is 123 Å². The number of benzene rings is 1. The van der Waals surface area contributed by atoms with Gasteiger partial charge < -0.3 is 9.64 Å². The summed E-state index contributed by atoms with van der Waals surface area (Å²) in [6.45, 7) is 5.07. The lowest BCUT2D eigenvalue weighted by Crippen LogP contribution is -2.27. The number of carbonyl (C=O) groups is 1. The third-order valence-electron chi connectivity index (χ3n) is 3.62. The summed E-state index contributed by atoms with van der Waals surface area (Å²) in [7, 11) is 1.75. The highest BCUT2D eigenvalue weighted by Gasteiger charge is 2.23. The molecule has 0 spiro atoms. The molecule has 0 saturated carbocycles. The van der Waals surface area contributed by atoms with Gasteiger partial charge in [-0.15, -0.1) is 0 Å². The average Bonchev–Trinajstić information content (AvgIpc) is 2.59. The van der Waals surface area contributed by atoms with Crippen molar-refractivity contribution < 1.29 is 9.53 Å². The Morgan fingerprint density at radius 1 is 1.24 bits per heavy atom. The molecule has 1 aromatic carbocycles. The first-order valence-corrected chi connectivity index (χ1v) is 6.89. The maximum Gasteiger partial charge on any atom is 0.260 e. The number of fused-ring (bicyclic) bond motifs is 1. The Bertz CT molecular complexity index is 713. The zero-order valence-electron chi connectivity index (χ0n) is 12.4. The van der Waals surface area contributed by atoms with Crippen molar-refractivity contribution >= 4 is 5.91 Å². The fraction of sp³-hybridized carbons (Fsp3) is 0.312. The summed E-state index contributed by atoms with van der Waals surface area (Å²) in [4.78, 5) is 22.6. The van der Waals surface area contributed by atoms with Gasteiger partial charge in [0.05, 0.1) is 6.54 Å². The van der Waals surface area contributed by atoms with Gasteiger partial charge in [-0.05, 0) is 19.4 Å². The molecule has 108 valence electrons. The molecule has 1 aliphatic rings. The van der Waals surface area contributed by atoms with Crippen LogP contribution in [0.3, 0.4) is 0 Å². The molecule has 0 radical (unpaired) electrons. The molecule has 1 amide bonds. The van der Waals surface area contributed by atoms with E-state index in [2.05, 4.69) is 16.0 Å². The number of hydrogen-bond acceptors (Lipinski definition) is 4. The Morgan fingerprint density at radius 2 is 2.05 bits per heavy atom. The van der Waals surface area contributed by atoms with Crippen LogP contribution < -0.4 is 4.74 Å². The number of ether oxygens (including phenoxy) is 1. The summed E-state index contributed by atoms with van der Waals surface area (Å²) in [5.74, 6) is 0.854. The molecule has 0 aliphatic carbocycles. The number of aromatic nitrogens is 2. The number of amides is 1. The molecule has 0 fully saturated rings. The molecule has 21 heavy (non-hydrogen) atoms. The van der Waals surface area contributed by atoms with Gasteiger partial charge >= 0.3 is 0 Å². The molecule has 1 aromatic heterocycles. The summed E-state index contributed by atoms with van der Waals surface area (Å²) in [5.41, 5.74) is 3.67. The third kappa shape index (κ3) is 2.46. The molecule has 0 unspecified atom stereocenters. The van der Waals surface area contributed by atoms with Crippen molar-refractivity contribution in [1.82, 2.24) is 14.9 Å². The van der Waals surface area contributed by atoms with Crippen molar-refractivity contribution in [1.29, 1.82) is 0 Å². The summed E-state index contributed by atoms with van der Waals surface area (Å²) < 4.78 is 5.60. The molecule has 5 nitrogen and oxygen atoms in total. The van der Waals surface area contributed by atoms with Gasteiger partial charge in [0, 0.05) is 18.8 Å². The molecule has 0 saturated heterocycles. The first-order valence-electron chi connectivity index (χ1n) is 6.89. The van der Waals surface area contributed by atoms with Crippen LogP contribution in [0.25, 0.3) is 11.4 Å². The van der Waals surface area contributed by atoms with Gasteiger partial charge in [-0.3, -0.25) is 4.79 Å². The average molecular weight is 283 g/mol. The topological polar surface area (TPSA) is 55.3 Å². The zero-order valence-corrected chi connectivity index (χ0v) is 12.4. The maximum absolute atomic E-state index is 12.2. The van der Waals surface area contributed by atoms with Gasteiger partial charge in [-0.25, -0.2) is 4.98 Å². The van der Waals surface area contributed by atoms with E-state index in [0.717, 1.165) is 11.1 Å². The summed E-state index contributed by atoms with van der Waals surface area (Å²) in [6.07, 6.45) is 1.56. The van der Waals surface area contributed by atoms with Crippen LogP contribution in [0.1, 0.15) is 21.5 Å². The molecule has 2 aromatic rings. The van der Waals surface area contributed by atoms with E-state index in [1.54, 1.807) is 18.1 Å². The minimum absolute atomic E-state index is 0.102. The second-order valence-electron chi connectivity index (χ2n) is 5.31. The van der Waals surface area contributed by atoms with Gasteiger partial charge in [0.2, 0.25) is 5.88 Å². The SMILES string of the molecule is Cc1ccc(-c2ncc3c(n2)OCCN(C)C3=O)c(C)c1. The lowest BCUT2D eigenvalue weighted by Gasteiger charge is -2.12. The molecule has 0 N–H and O–H groups in total. The van der Waals surface area contributed by atoms with Crippen LogP contribution in [-0.4, -0.2) is 41.0 Å². The van der Waals surface area contributed by atoms with Crippen molar-refractivity contribution in [3.63, 3.8) is 0 Å². The third-order valence-corrected chi connectivity index (χ3v) is 3.62. The molecule has 5 heteroatoms. The predicted octanol–water partition coefficient (Wildman–Crippen LogP) is 2.22. The van der Waals surface area contributed by atoms with Crippen molar-refractivity contribution in [2.75, 3.05) is 20.2 Å². The van der Waals surface area contributed by atoms with Gasteiger partial charge in [-0.2, -0.15) is 4.98 Å². The highest BCUT2D eigenvalue weighted by Crippen LogP contribution is 2.26. The van der Waals surface area contributed by atoms with Crippen molar-refractivity contribution in [2.45, 2.75) is 13.8 Å². The molecule has 3 rings (SSSR count). The van der Waals surface area contributed by atoms with Crippen LogP contribution in [0.4, 0.5) is 0 Å². The Kier molecular flexibility index (Phi) is 3.33. The van der Waals surface area contributed by atoms with Gasteiger partial charge in [0.15, 0.2) is 5.82 Å². The van der Waals surface area contributed by atoms with Crippen LogP contribution in [0.2, 0.25) is 0 Å². The number of aryl methyl sites for hydroxylation is 2. The fourth-order valence-electron chi connectivity index (χ4n) is 2.40. The second kappa shape index (κ2) is 5.16. The fourth-order valence-corrected chi connectivity index (χ4v) is 2.40. The van der Waals surface area contributed by atoms with Crippen LogP contribution in [0.5, 0.6) is 5.88 Å². The van der Waals surface area contributed by atoms with Gasteiger partial charge in [0.1, 0.15) is 12.2 Å². The van der Waals surface area contributed by atoms with Crippen LogP contribution >= 0.6 is 0 Å². The summed E-state index contributed by atoms with van der Waals surface area (Å²) in [6, 6.07) is 6.11. The number of rotatable bonds is 1. The first kappa shape index (κ1) is 13.5. The number of carbonyl (C=O) groups excluding carboxylic acids is 1. The monoisotopic (exact) mass is 283 g/mol. The van der Waals surface area contributed by atoms with Crippen molar-refractivity contribution in [2.24, 2.45) is 0 Å². The van der Waals surface area contributed by atoms with Crippen molar-refractivity contribution in [3.05, 3.63) is 41.1 Å². The lowest BCUT2D eigenvalue weighted by atomic mass is 10.1. The molecule has 2 heterocycles. The number of hydrogen-bond donors (Lipinski definition) is 0. The highest BCUT2D eigenvalue weighted by molar-refractivity contribution is 5.96. The Morgan fingerprint density at radius 3 is 2.81 bits per heavy atom. The molecular formula is C16H17N3O2. The second-order valence-corrected chi connectivity index (χ2v) is 5.31. The van der Waals surface area contributed by atoms with Crippen LogP contribution in [-0.2, 0) is 0 Å². The van der Waals surface area contributed by atoms with E-state index < -0.39 is 0 Å². The Balaban J connectivity index is 2.07. The quantitative estimate of drug-likeness (QED) is 0.805. The van der Waals surface area contributed by atoms with Crippen molar-refractivity contribution in [3.8, 4) is 17.3 Å². The van der Waals surface area contributed by atoms with E-state index in [-0.39, 0.29) is 5.91 Å². The van der Waals surface area contributed by atoms with Crippen LogP contribution in [0, 0.1) is 13.8 Å². The molecule has 1 aliphatic heterocycles. The van der Waals surface area contributed by atoms with Gasteiger partial charge in [0.25, 0.3) is 5.91 Å². The maximum atomic E-state index is 12.2. The molecule has 0 atom stereocenters. The first-order chi connectivity index (χ1) is 10.1. The van der Waals surface area contributed by atoms with Crippen LogP contribution in [0.15, 0.2) is 24.4 Å². The smallest absolute Gasteiger partial charge is 0.260 e. The predicted molar refractivity (Wildman–Crippen MR) is 79.4 cm³/mol. The molecule has 0 bridgehead atoms. The number of nitrogens with zero attached hydrogens (tertiary/aromatic N) is 3. The highest BCUT2D eigenvalue weighted by atomic mass is 16.5.